The first-order valence-corrected chi connectivity index (χ1v) is 6.02. The van der Waals surface area contributed by atoms with E-state index in [1.165, 1.54) is 0 Å². The molecule has 1 aromatic rings. The summed E-state index contributed by atoms with van der Waals surface area (Å²) in [5.41, 5.74) is 1.65. The van der Waals surface area contributed by atoms with Gasteiger partial charge in [-0.3, -0.25) is 9.89 Å². The highest BCUT2D eigenvalue weighted by Crippen LogP contribution is 2.10. The number of amides is 1. The van der Waals surface area contributed by atoms with Crippen molar-refractivity contribution in [2.75, 3.05) is 0 Å². The summed E-state index contributed by atoms with van der Waals surface area (Å²) < 4.78 is 0. The average molecular weight is 253 g/mol. The monoisotopic (exact) mass is 253 g/mol. The quantitative estimate of drug-likeness (QED) is 0.714. The molecule has 0 fully saturated rings. The van der Waals surface area contributed by atoms with Crippen LogP contribution in [0.5, 0.6) is 0 Å². The van der Waals surface area contributed by atoms with Gasteiger partial charge in [-0.05, 0) is 20.3 Å². The Labute approximate surface area is 106 Å². The molecule has 18 heavy (non-hydrogen) atoms. The van der Waals surface area contributed by atoms with E-state index in [9.17, 15) is 9.59 Å². The maximum absolute atomic E-state index is 12.0. The Hall–Kier alpha value is -1.85. The van der Waals surface area contributed by atoms with Crippen LogP contribution in [0.3, 0.4) is 0 Å². The standard InChI is InChI=1S/C12H19N3O3/c1-4-5-6-9(12(17)18)13-11(16)10-7(2)14-15-8(10)3/h9H,4-6H2,1-3H3,(H,13,16)(H,14,15)(H,17,18)/t9-/m0/s1. The first-order chi connectivity index (χ1) is 8.47. The number of carbonyl (C=O) groups excluding carboxylic acids is 1. The van der Waals surface area contributed by atoms with Crippen LogP contribution in [0.1, 0.15) is 47.9 Å². The van der Waals surface area contributed by atoms with Crippen molar-refractivity contribution in [1.82, 2.24) is 15.5 Å². The number of nitrogens with one attached hydrogen (secondary N) is 2. The van der Waals surface area contributed by atoms with E-state index in [0.29, 0.717) is 23.4 Å². The van der Waals surface area contributed by atoms with Gasteiger partial charge in [-0.1, -0.05) is 19.8 Å². The van der Waals surface area contributed by atoms with Gasteiger partial charge in [-0.15, -0.1) is 0 Å². The lowest BCUT2D eigenvalue weighted by Crippen LogP contribution is -2.41. The van der Waals surface area contributed by atoms with E-state index >= 15 is 0 Å². The lowest BCUT2D eigenvalue weighted by Gasteiger charge is -2.14. The molecule has 0 saturated heterocycles. The number of aromatic amines is 1. The fraction of sp³-hybridized carbons (Fsp3) is 0.583. The molecule has 100 valence electrons. The molecule has 0 unspecified atom stereocenters. The molecule has 6 nitrogen and oxygen atoms in total. The van der Waals surface area contributed by atoms with Crippen molar-refractivity contribution in [2.24, 2.45) is 0 Å². The van der Waals surface area contributed by atoms with Crippen molar-refractivity contribution in [3.05, 3.63) is 17.0 Å². The van der Waals surface area contributed by atoms with Gasteiger partial charge < -0.3 is 10.4 Å². The van der Waals surface area contributed by atoms with Gasteiger partial charge in [0.15, 0.2) is 0 Å². The van der Waals surface area contributed by atoms with Gasteiger partial charge in [0.1, 0.15) is 6.04 Å². The van der Waals surface area contributed by atoms with Crippen LogP contribution in [0.2, 0.25) is 0 Å². The molecule has 3 N–H and O–H groups in total. The Morgan fingerprint density at radius 2 is 2.11 bits per heavy atom. The van der Waals surface area contributed by atoms with Crippen molar-refractivity contribution < 1.29 is 14.7 Å². The number of nitrogens with zero attached hydrogens (tertiary/aromatic N) is 1. The van der Waals surface area contributed by atoms with E-state index in [2.05, 4.69) is 15.5 Å². The van der Waals surface area contributed by atoms with Crippen LogP contribution < -0.4 is 5.32 Å². The lowest BCUT2D eigenvalue weighted by atomic mass is 10.1. The molecular weight excluding hydrogens is 234 g/mol. The minimum Gasteiger partial charge on any atom is -0.480 e. The van der Waals surface area contributed by atoms with Crippen LogP contribution in [-0.4, -0.2) is 33.2 Å². The molecule has 0 aliphatic rings. The maximum Gasteiger partial charge on any atom is 0.326 e. The van der Waals surface area contributed by atoms with Gasteiger partial charge in [-0.25, -0.2) is 4.79 Å². The minimum atomic E-state index is -1.00. The normalized spacial score (nSPS) is 12.2. The maximum atomic E-state index is 12.0. The third-order valence-corrected chi connectivity index (χ3v) is 2.80. The summed E-state index contributed by atoms with van der Waals surface area (Å²) in [6.45, 7) is 5.42. The number of unbranched alkanes of at least 4 members (excludes halogenated alkanes) is 1. The SMILES string of the molecule is CCCC[C@H](NC(=O)c1c(C)n[nH]c1C)C(=O)O. The van der Waals surface area contributed by atoms with Gasteiger partial charge in [0.2, 0.25) is 0 Å². The largest absolute Gasteiger partial charge is 0.480 e. The van der Waals surface area contributed by atoms with E-state index in [1.807, 2.05) is 6.92 Å². The summed E-state index contributed by atoms with van der Waals surface area (Å²) in [6.07, 6.45) is 2.09. The molecule has 1 aromatic heterocycles. The molecule has 1 heterocycles. The molecule has 0 aliphatic carbocycles. The third-order valence-electron chi connectivity index (χ3n) is 2.80. The molecule has 1 amide bonds. The second-order valence-electron chi connectivity index (χ2n) is 4.32. The van der Waals surface area contributed by atoms with E-state index in [1.54, 1.807) is 13.8 Å². The second kappa shape index (κ2) is 6.18. The number of hydrogen-bond acceptors (Lipinski definition) is 3. The smallest absolute Gasteiger partial charge is 0.326 e. The molecule has 0 aliphatic heterocycles. The molecule has 0 bridgehead atoms. The Bertz CT molecular complexity index is 420. The van der Waals surface area contributed by atoms with E-state index in [-0.39, 0.29) is 5.91 Å². The predicted octanol–water partition coefficient (Wildman–Crippen LogP) is 1.40. The zero-order valence-electron chi connectivity index (χ0n) is 10.9. The molecule has 0 spiro atoms. The van der Waals surface area contributed by atoms with E-state index in [4.69, 9.17) is 5.11 Å². The average Bonchev–Trinajstić information content (AvgIpc) is 2.63. The van der Waals surface area contributed by atoms with E-state index < -0.39 is 12.0 Å². The number of aliphatic carboxylic acids is 1. The van der Waals surface area contributed by atoms with Gasteiger partial charge >= 0.3 is 5.97 Å². The van der Waals surface area contributed by atoms with Gasteiger partial charge in [0, 0.05) is 5.69 Å². The summed E-state index contributed by atoms with van der Waals surface area (Å²) in [4.78, 5) is 23.0. The number of rotatable bonds is 6. The highest BCUT2D eigenvalue weighted by atomic mass is 16.4. The Morgan fingerprint density at radius 1 is 1.44 bits per heavy atom. The minimum absolute atomic E-state index is 0.387. The summed E-state index contributed by atoms with van der Waals surface area (Å²) >= 11 is 0. The summed E-state index contributed by atoms with van der Waals surface area (Å²) in [6, 6.07) is -0.842. The first-order valence-electron chi connectivity index (χ1n) is 6.02. The number of carbonyl (C=O) groups is 2. The highest BCUT2D eigenvalue weighted by Gasteiger charge is 2.22. The second-order valence-corrected chi connectivity index (χ2v) is 4.32. The van der Waals surface area contributed by atoms with Gasteiger partial charge in [-0.2, -0.15) is 5.10 Å². The van der Waals surface area contributed by atoms with Crippen LogP contribution in [0.25, 0.3) is 0 Å². The number of hydrogen-bond donors (Lipinski definition) is 3. The van der Waals surface area contributed by atoms with Crippen LogP contribution >= 0.6 is 0 Å². The number of H-pyrrole nitrogens is 1. The lowest BCUT2D eigenvalue weighted by molar-refractivity contribution is -0.139. The van der Waals surface area contributed by atoms with Crippen LogP contribution in [-0.2, 0) is 4.79 Å². The molecule has 0 radical (unpaired) electrons. The first kappa shape index (κ1) is 14.2. The topological polar surface area (TPSA) is 95.1 Å². The Morgan fingerprint density at radius 3 is 2.56 bits per heavy atom. The molecular formula is C12H19N3O3. The predicted molar refractivity (Wildman–Crippen MR) is 66.5 cm³/mol. The van der Waals surface area contributed by atoms with Crippen molar-refractivity contribution in [2.45, 2.75) is 46.1 Å². The van der Waals surface area contributed by atoms with Crippen molar-refractivity contribution >= 4 is 11.9 Å². The Balaban J connectivity index is 2.75. The summed E-state index contributed by atoms with van der Waals surface area (Å²) in [5.74, 6) is -1.39. The zero-order valence-corrected chi connectivity index (χ0v) is 10.9. The third kappa shape index (κ3) is 3.32. The number of carboxylic acid groups (broad SMARTS) is 1. The van der Waals surface area contributed by atoms with E-state index in [0.717, 1.165) is 12.8 Å². The number of aryl methyl sites for hydroxylation is 2. The van der Waals surface area contributed by atoms with Crippen molar-refractivity contribution in [1.29, 1.82) is 0 Å². The highest BCUT2D eigenvalue weighted by molar-refractivity contribution is 5.98. The van der Waals surface area contributed by atoms with Crippen LogP contribution in [0.15, 0.2) is 0 Å². The van der Waals surface area contributed by atoms with Crippen molar-refractivity contribution in [3.63, 3.8) is 0 Å². The molecule has 0 saturated carbocycles. The van der Waals surface area contributed by atoms with Crippen LogP contribution in [0.4, 0.5) is 0 Å². The fourth-order valence-electron chi connectivity index (χ4n) is 1.78. The zero-order chi connectivity index (χ0) is 13.7. The number of carboxylic acids is 1. The van der Waals surface area contributed by atoms with Crippen LogP contribution in [0, 0.1) is 13.8 Å². The number of aromatic nitrogens is 2. The molecule has 6 heteroatoms. The molecule has 0 aromatic carbocycles. The molecule has 1 rings (SSSR count). The summed E-state index contributed by atoms with van der Waals surface area (Å²) in [7, 11) is 0. The van der Waals surface area contributed by atoms with Gasteiger partial charge in [0.05, 0.1) is 11.3 Å². The summed E-state index contributed by atoms with van der Waals surface area (Å²) in [5, 5.41) is 18.2. The molecule has 1 atom stereocenters. The Kier molecular flexibility index (Phi) is 4.88. The van der Waals surface area contributed by atoms with Crippen molar-refractivity contribution in [3.8, 4) is 0 Å². The fourth-order valence-corrected chi connectivity index (χ4v) is 1.78. The van der Waals surface area contributed by atoms with Gasteiger partial charge in [0.25, 0.3) is 5.91 Å².